The van der Waals surface area contributed by atoms with E-state index in [2.05, 4.69) is 44.2 Å². The second-order valence-corrected chi connectivity index (χ2v) is 8.22. The second-order valence-electron chi connectivity index (χ2n) is 7.44. The standard InChI is InChI=1S/C15H27N3S/c1-9-6-10(2)8-11(7-9)12(16)13-14(15(3,4)5)17-18-19-13/h9-12H,6-8,16H2,1-5H3. The first-order valence-electron chi connectivity index (χ1n) is 7.37. The largest absolute Gasteiger partial charge is 0.323 e. The van der Waals surface area contributed by atoms with Crippen molar-refractivity contribution < 1.29 is 0 Å². The number of aromatic nitrogens is 2. The lowest BCUT2D eigenvalue weighted by atomic mass is 9.73. The maximum absolute atomic E-state index is 6.57. The maximum Gasteiger partial charge on any atom is 0.0857 e. The lowest BCUT2D eigenvalue weighted by molar-refractivity contribution is 0.194. The van der Waals surface area contributed by atoms with Crippen molar-refractivity contribution in [1.29, 1.82) is 0 Å². The summed E-state index contributed by atoms with van der Waals surface area (Å²) in [6.45, 7) is 11.3. The van der Waals surface area contributed by atoms with E-state index >= 15 is 0 Å². The SMILES string of the molecule is CC1CC(C)CC(C(N)c2snnc2C(C)(C)C)C1. The molecule has 1 fully saturated rings. The molecule has 3 unspecified atom stereocenters. The fraction of sp³-hybridized carbons (Fsp3) is 0.867. The van der Waals surface area contributed by atoms with Gasteiger partial charge in [0.2, 0.25) is 0 Å². The third-order valence-electron chi connectivity index (χ3n) is 4.25. The molecule has 0 bridgehead atoms. The molecule has 2 N–H and O–H groups in total. The predicted molar refractivity (Wildman–Crippen MR) is 81.2 cm³/mol. The molecule has 2 rings (SSSR count). The van der Waals surface area contributed by atoms with Gasteiger partial charge in [0.05, 0.1) is 10.6 Å². The first kappa shape index (κ1) is 14.9. The Morgan fingerprint density at radius 3 is 2.26 bits per heavy atom. The predicted octanol–water partition coefficient (Wildman–Crippen LogP) is 3.91. The Labute approximate surface area is 121 Å². The first-order valence-corrected chi connectivity index (χ1v) is 8.14. The Morgan fingerprint density at radius 2 is 1.74 bits per heavy atom. The minimum Gasteiger partial charge on any atom is -0.323 e. The summed E-state index contributed by atoms with van der Waals surface area (Å²) in [5, 5.41) is 4.33. The zero-order valence-corrected chi connectivity index (χ0v) is 13.6. The highest BCUT2D eigenvalue weighted by Crippen LogP contribution is 2.41. The molecule has 3 atom stereocenters. The van der Waals surface area contributed by atoms with Crippen molar-refractivity contribution in [3.05, 3.63) is 10.6 Å². The summed E-state index contributed by atoms with van der Waals surface area (Å²) in [5.74, 6) is 2.17. The average Bonchev–Trinajstić information content (AvgIpc) is 2.74. The summed E-state index contributed by atoms with van der Waals surface area (Å²) in [6, 6.07) is 0.111. The lowest BCUT2D eigenvalue weighted by Gasteiger charge is -2.35. The molecule has 0 spiro atoms. The van der Waals surface area contributed by atoms with Crippen LogP contribution in [0.4, 0.5) is 0 Å². The molecule has 1 heterocycles. The minimum absolute atomic E-state index is 0.0336. The molecule has 1 saturated carbocycles. The third kappa shape index (κ3) is 3.34. The van der Waals surface area contributed by atoms with Crippen molar-refractivity contribution in [3.8, 4) is 0 Å². The van der Waals surface area contributed by atoms with E-state index in [0.717, 1.165) is 17.5 Å². The molecule has 4 heteroatoms. The van der Waals surface area contributed by atoms with Crippen LogP contribution in [0.1, 0.15) is 70.5 Å². The van der Waals surface area contributed by atoms with Crippen LogP contribution >= 0.6 is 11.5 Å². The smallest absolute Gasteiger partial charge is 0.0857 e. The molecular weight excluding hydrogens is 254 g/mol. The van der Waals surface area contributed by atoms with E-state index in [1.165, 1.54) is 35.7 Å². The van der Waals surface area contributed by atoms with Gasteiger partial charge in [-0.15, -0.1) is 5.10 Å². The van der Waals surface area contributed by atoms with Gasteiger partial charge in [0.25, 0.3) is 0 Å². The van der Waals surface area contributed by atoms with Crippen molar-refractivity contribution >= 4 is 11.5 Å². The lowest BCUT2D eigenvalue weighted by Crippen LogP contribution is -2.30. The Kier molecular flexibility index (Phi) is 4.31. The van der Waals surface area contributed by atoms with E-state index in [1.807, 2.05) is 0 Å². The maximum atomic E-state index is 6.57. The van der Waals surface area contributed by atoms with E-state index in [9.17, 15) is 0 Å². The van der Waals surface area contributed by atoms with Crippen LogP contribution in [-0.4, -0.2) is 9.59 Å². The van der Waals surface area contributed by atoms with Crippen molar-refractivity contribution in [3.63, 3.8) is 0 Å². The molecule has 0 aliphatic heterocycles. The molecule has 1 aliphatic rings. The molecule has 1 aromatic heterocycles. The first-order chi connectivity index (χ1) is 8.79. The summed E-state index contributed by atoms with van der Waals surface area (Å²) < 4.78 is 4.15. The Morgan fingerprint density at radius 1 is 1.16 bits per heavy atom. The molecular formula is C15H27N3S. The van der Waals surface area contributed by atoms with Gasteiger partial charge in [0, 0.05) is 11.5 Å². The van der Waals surface area contributed by atoms with Gasteiger partial charge < -0.3 is 5.73 Å². The quantitative estimate of drug-likeness (QED) is 0.894. The molecule has 1 aliphatic carbocycles. The van der Waals surface area contributed by atoms with Gasteiger partial charge >= 0.3 is 0 Å². The van der Waals surface area contributed by atoms with Crippen molar-refractivity contribution in [2.75, 3.05) is 0 Å². The molecule has 3 nitrogen and oxygen atoms in total. The number of nitrogens with zero attached hydrogens (tertiary/aromatic N) is 2. The molecule has 1 aromatic rings. The van der Waals surface area contributed by atoms with Gasteiger partial charge in [-0.1, -0.05) is 39.1 Å². The van der Waals surface area contributed by atoms with Gasteiger partial charge in [-0.2, -0.15) is 0 Å². The zero-order chi connectivity index (χ0) is 14.2. The monoisotopic (exact) mass is 281 g/mol. The van der Waals surface area contributed by atoms with E-state index in [1.54, 1.807) is 0 Å². The highest BCUT2D eigenvalue weighted by molar-refractivity contribution is 7.05. The second kappa shape index (κ2) is 5.49. The number of nitrogens with two attached hydrogens (primary N) is 1. The van der Waals surface area contributed by atoms with E-state index in [4.69, 9.17) is 5.73 Å². The average molecular weight is 281 g/mol. The summed E-state index contributed by atoms with van der Waals surface area (Å²) in [5.41, 5.74) is 7.69. The fourth-order valence-electron chi connectivity index (χ4n) is 3.45. The third-order valence-corrected chi connectivity index (χ3v) is 5.07. The Hall–Kier alpha value is -0.480. The van der Waals surface area contributed by atoms with E-state index in [0.29, 0.717) is 5.92 Å². The van der Waals surface area contributed by atoms with Crippen molar-refractivity contribution in [2.45, 2.75) is 65.3 Å². The summed E-state index contributed by atoms with van der Waals surface area (Å²) in [4.78, 5) is 1.21. The Bertz CT molecular complexity index is 411. The highest BCUT2D eigenvalue weighted by Gasteiger charge is 2.33. The van der Waals surface area contributed by atoms with Gasteiger partial charge in [-0.25, -0.2) is 0 Å². The molecule has 19 heavy (non-hydrogen) atoms. The van der Waals surface area contributed by atoms with Gasteiger partial charge in [-0.3, -0.25) is 0 Å². The van der Waals surface area contributed by atoms with Crippen molar-refractivity contribution in [2.24, 2.45) is 23.5 Å². The summed E-state index contributed by atoms with van der Waals surface area (Å²) in [7, 11) is 0. The number of hydrogen-bond donors (Lipinski definition) is 1. The van der Waals surface area contributed by atoms with E-state index < -0.39 is 0 Å². The number of rotatable bonds is 2. The normalized spacial score (nSPS) is 30.3. The zero-order valence-electron chi connectivity index (χ0n) is 12.8. The van der Waals surface area contributed by atoms with Crippen LogP contribution in [0, 0.1) is 17.8 Å². The molecule has 0 amide bonds. The fourth-order valence-corrected chi connectivity index (χ4v) is 4.41. The molecule has 0 radical (unpaired) electrons. The molecule has 0 aromatic carbocycles. The summed E-state index contributed by atoms with van der Waals surface area (Å²) >= 11 is 1.49. The van der Waals surface area contributed by atoms with Gasteiger partial charge in [-0.05, 0) is 48.5 Å². The highest BCUT2D eigenvalue weighted by atomic mass is 32.1. The molecule has 108 valence electrons. The van der Waals surface area contributed by atoms with Crippen LogP contribution in [-0.2, 0) is 5.41 Å². The van der Waals surface area contributed by atoms with Gasteiger partial charge in [0.15, 0.2) is 0 Å². The van der Waals surface area contributed by atoms with Crippen LogP contribution in [0.3, 0.4) is 0 Å². The van der Waals surface area contributed by atoms with Crippen LogP contribution in [0.15, 0.2) is 0 Å². The summed E-state index contributed by atoms with van der Waals surface area (Å²) in [6.07, 6.45) is 3.83. The topological polar surface area (TPSA) is 51.8 Å². The minimum atomic E-state index is 0.0336. The van der Waals surface area contributed by atoms with Crippen LogP contribution in [0.5, 0.6) is 0 Å². The van der Waals surface area contributed by atoms with Crippen LogP contribution < -0.4 is 5.73 Å². The Balaban J connectivity index is 2.20. The van der Waals surface area contributed by atoms with Gasteiger partial charge in [0.1, 0.15) is 0 Å². The van der Waals surface area contributed by atoms with Crippen LogP contribution in [0.2, 0.25) is 0 Å². The van der Waals surface area contributed by atoms with Crippen LogP contribution in [0.25, 0.3) is 0 Å². The number of hydrogen-bond acceptors (Lipinski definition) is 4. The van der Waals surface area contributed by atoms with Crippen molar-refractivity contribution in [1.82, 2.24) is 9.59 Å². The van der Waals surface area contributed by atoms with E-state index in [-0.39, 0.29) is 11.5 Å². The molecule has 0 saturated heterocycles.